The first-order valence-electron chi connectivity index (χ1n) is 7.27. The second-order valence-corrected chi connectivity index (χ2v) is 5.88. The summed E-state index contributed by atoms with van der Waals surface area (Å²) in [6.07, 6.45) is 11.3. The lowest BCUT2D eigenvalue weighted by Crippen LogP contribution is -2.48. The molecule has 0 amide bonds. The van der Waals surface area contributed by atoms with Crippen molar-refractivity contribution < 1.29 is 0 Å². The molecule has 0 unspecified atom stereocenters. The van der Waals surface area contributed by atoms with Crippen LogP contribution in [0, 0.1) is 5.92 Å². The van der Waals surface area contributed by atoms with Crippen LogP contribution >= 0.6 is 0 Å². The van der Waals surface area contributed by atoms with Crippen molar-refractivity contribution in [2.75, 3.05) is 13.1 Å². The number of hydrogen-bond acceptors (Lipinski definition) is 2. The van der Waals surface area contributed by atoms with Gasteiger partial charge in [-0.15, -0.1) is 0 Å². The molecular weight excluding hydrogens is 196 g/mol. The molecule has 2 saturated carbocycles. The van der Waals surface area contributed by atoms with Gasteiger partial charge in [-0.05, 0) is 64.0 Å². The summed E-state index contributed by atoms with van der Waals surface area (Å²) >= 11 is 0. The van der Waals surface area contributed by atoms with Gasteiger partial charge in [-0.25, -0.2) is 0 Å². The summed E-state index contributed by atoms with van der Waals surface area (Å²) in [6.45, 7) is 4.51. The zero-order chi connectivity index (χ0) is 11.4. The quantitative estimate of drug-likeness (QED) is 0.778. The SMILES string of the molecule is CC1CCC(N(CCCN)C2CCC2)CC1. The molecule has 2 fully saturated rings. The van der Waals surface area contributed by atoms with Crippen LogP contribution < -0.4 is 5.73 Å². The van der Waals surface area contributed by atoms with Crippen LogP contribution in [0.4, 0.5) is 0 Å². The Bertz CT molecular complexity index is 193. The summed E-state index contributed by atoms with van der Waals surface area (Å²) in [5.41, 5.74) is 5.66. The largest absolute Gasteiger partial charge is 0.330 e. The predicted octanol–water partition coefficient (Wildman–Crippen LogP) is 2.77. The zero-order valence-corrected chi connectivity index (χ0v) is 10.8. The molecule has 2 heteroatoms. The van der Waals surface area contributed by atoms with Gasteiger partial charge in [0, 0.05) is 12.1 Å². The van der Waals surface area contributed by atoms with Crippen LogP contribution in [0.1, 0.15) is 58.3 Å². The van der Waals surface area contributed by atoms with E-state index in [1.54, 1.807) is 0 Å². The van der Waals surface area contributed by atoms with Crippen LogP contribution in [-0.4, -0.2) is 30.1 Å². The Hall–Kier alpha value is -0.0800. The zero-order valence-electron chi connectivity index (χ0n) is 10.8. The lowest BCUT2D eigenvalue weighted by Gasteiger charge is -2.45. The minimum absolute atomic E-state index is 0.854. The van der Waals surface area contributed by atoms with Gasteiger partial charge in [-0.1, -0.05) is 13.3 Å². The van der Waals surface area contributed by atoms with E-state index in [4.69, 9.17) is 5.73 Å². The van der Waals surface area contributed by atoms with E-state index in [-0.39, 0.29) is 0 Å². The molecule has 0 heterocycles. The van der Waals surface area contributed by atoms with Gasteiger partial charge >= 0.3 is 0 Å². The van der Waals surface area contributed by atoms with E-state index in [1.165, 1.54) is 57.9 Å². The average Bonchev–Trinajstić information content (AvgIpc) is 2.23. The molecule has 0 radical (unpaired) electrons. The molecule has 94 valence electrons. The first-order valence-corrected chi connectivity index (χ1v) is 7.27. The third-order valence-corrected chi connectivity index (χ3v) is 4.62. The predicted molar refractivity (Wildman–Crippen MR) is 69.4 cm³/mol. The van der Waals surface area contributed by atoms with Crippen LogP contribution in [0.5, 0.6) is 0 Å². The van der Waals surface area contributed by atoms with E-state index in [0.717, 1.165) is 24.5 Å². The van der Waals surface area contributed by atoms with E-state index in [1.807, 2.05) is 0 Å². The minimum atomic E-state index is 0.854. The fourth-order valence-electron chi connectivity index (χ4n) is 3.23. The van der Waals surface area contributed by atoms with Gasteiger partial charge in [0.15, 0.2) is 0 Å². The van der Waals surface area contributed by atoms with Gasteiger partial charge < -0.3 is 5.73 Å². The van der Waals surface area contributed by atoms with Crippen molar-refractivity contribution >= 4 is 0 Å². The minimum Gasteiger partial charge on any atom is -0.330 e. The second-order valence-electron chi connectivity index (χ2n) is 5.88. The second kappa shape index (κ2) is 6.02. The molecule has 2 rings (SSSR count). The number of hydrogen-bond donors (Lipinski definition) is 1. The Balaban J connectivity index is 1.84. The van der Waals surface area contributed by atoms with Crippen molar-refractivity contribution in [1.82, 2.24) is 4.90 Å². The Morgan fingerprint density at radius 2 is 1.62 bits per heavy atom. The normalized spacial score (nSPS) is 31.7. The summed E-state index contributed by atoms with van der Waals surface area (Å²) < 4.78 is 0. The monoisotopic (exact) mass is 224 g/mol. The maximum atomic E-state index is 5.66. The van der Waals surface area contributed by atoms with Crippen LogP contribution in [-0.2, 0) is 0 Å². The van der Waals surface area contributed by atoms with Gasteiger partial charge in [0.2, 0.25) is 0 Å². The van der Waals surface area contributed by atoms with E-state index in [2.05, 4.69) is 11.8 Å². The first-order chi connectivity index (χ1) is 7.81. The molecule has 2 N–H and O–H groups in total. The summed E-state index contributed by atoms with van der Waals surface area (Å²) in [5, 5.41) is 0. The highest BCUT2D eigenvalue weighted by Crippen LogP contribution is 2.33. The molecule has 2 nitrogen and oxygen atoms in total. The number of nitrogens with zero attached hydrogens (tertiary/aromatic N) is 1. The smallest absolute Gasteiger partial charge is 0.00984 e. The topological polar surface area (TPSA) is 29.3 Å². The van der Waals surface area contributed by atoms with Gasteiger partial charge in [-0.2, -0.15) is 0 Å². The molecule has 2 aliphatic carbocycles. The highest BCUT2D eigenvalue weighted by molar-refractivity contribution is 4.87. The van der Waals surface area contributed by atoms with Gasteiger partial charge in [0.25, 0.3) is 0 Å². The molecule has 0 spiro atoms. The third-order valence-electron chi connectivity index (χ3n) is 4.62. The van der Waals surface area contributed by atoms with Crippen molar-refractivity contribution in [3.8, 4) is 0 Å². The molecule has 0 aliphatic heterocycles. The summed E-state index contributed by atoms with van der Waals surface area (Å²) in [5.74, 6) is 0.967. The van der Waals surface area contributed by atoms with Gasteiger partial charge in [0.05, 0.1) is 0 Å². The summed E-state index contributed by atoms with van der Waals surface area (Å²) in [7, 11) is 0. The maximum absolute atomic E-state index is 5.66. The molecule has 2 aliphatic rings. The molecule has 0 atom stereocenters. The molecule has 0 aromatic rings. The molecule has 0 aromatic carbocycles. The molecular formula is C14H28N2. The van der Waals surface area contributed by atoms with Crippen LogP contribution in [0.2, 0.25) is 0 Å². The summed E-state index contributed by atoms with van der Waals surface area (Å²) in [4.78, 5) is 2.81. The maximum Gasteiger partial charge on any atom is 0.00984 e. The highest BCUT2D eigenvalue weighted by atomic mass is 15.2. The Kier molecular flexibility index (Phi) is 4.66. The van der Waals surface area contributed by atoms with E-state index >= 15 is 0 Å². The lowest BCUT2D eigenvalue weighted by molar-refractivity contribution is 0.0522. The molecule has 0 saturated heterocycles. The van der Waals surface area contributed by atoms with Crippen molar-refractivity contribution in [3.05, 3.63) is 0 Å². The van der Waals surface area contributed by atoms with Gasteiger partial charge in [-0.3, -0.25) is 4.90 Å². The highest BCUT2D eigenvalue weighted by Gasteiger charge is 2.31. The molecule has 16 heavy (non-hydrogen) atoms. The summed E-state index contributed by atoms with van der Waals surface area (Å²) in [6, 6.07) is 1.79. The first kappa shape index (κ1) is 12.4. The van der Waals surface area contributed by atoms with Crippen LogP contribution in [0.25, 0.3) is 0 Å². The number of rotatable bonds is 5. The fourth-order valence-corrected chi connectivity index (χ4v) is 3.23. The third kappa shape index (κ3) is 2.98. The fraction of sp³-hybridized carbons (Fsp3) is 1.00. The average molecular weight is 224 g/mol. The Morgan fingerprint density at radius 1 is 1.00 bits per heavy atom. The Labute approximate surface area is 101 Å². The molecule has 0 aromatic heterocycles. The van der Waals surface area contributed by atoms with Crippen LogP contribution in [0.15, 0.2) is 0 Å². The standard InChI is InChI=1S/C14H28N2/c1-12-6-8-14(9-7-12)16(11-3-10-15)13-4-2-5-13/h12-14H,2-11,15H2,1H3. The van der Waals surface area contributed by atoms with Crippen LogP contribution in [0.3, 0.4) is 0 Å². The van der Waals surface area contributed by atoms with E-state index in [9.17, 15) is 0 Å². The number of nitrogens with two attached hydrogens (primary N) is 1. The van der Waals surface area contributed by atoms with E-state index < -0.39 is 0 Å². The van der Waals surface area contributed by atoms with Crippen molar-refractivity contribution in [1.29, 1.82) is 0 Å². The van der Waals surface area contributed by atoms with Crippen molar-refractivity contribution in [3.63, 3.8) is 0 Å². The van der Waals surface area contributed by atoms with E-state index in [0.29, 0.717) is 0 Å². The van der Waals surface area contributed by atoms with Crippen molar-refractivity contribution in [2.45, 2.75) is 70.4 Å². The van der Waals surface area contributed by atoms with Gasteiger partial charge in [0.1, 0.15) is 0 Å². The Morgan fingerprint density at radius 3 is 2.12 bits per heavy atom. The lowest BCUT2D eigenvalue weighted by atomic mass is 9.83. The molecule has 0 bridgehead atoms. The van der Waals surface area contributed by atoms with Crippen molar-refractivity contribution in [2.24, 2.45) is 11.7 Å².